The molecule has 5 heteroatoms. The lowest BCUT2D eigenvalue weighted by atomic mass is 10.0. The fourth-order valence-electron chi connectivity index (χ4n) is 2.14. The van der Waals surface area contributed by atoms with Gasteiger partial charge in [-0.25, -0.2) is 0 Å². The first kappa shape index (κ1) is 11.5. The molecule has 1 aromatic heterocycles. The summed E-state index contributed by atoms with van der Waals surface area (Å²) in [5.74, 6) is 1.59. The van der Waals surface area contributed by atoms with Crippen molar-refractivity contribution in [3.8, 4) is 0 Å². The average molecular weight is 224 g/mol. The molecule has 1 unspecified atom stereocenters. The number of nitrogens with zero attached hydrogens (tertiary/aromatic N) is 3. The number of nitrogens with one attached hydrogen (secondary N) is 1. The Morgan fingerprint density at radius 2 is 2.38 bits per heavy atom. The third-order valence-electron chi connectivity index (χ3n) is 3.14. The maximum atomic E-state index is 5.24. The molecule has 1 N–H and O–H groups in total. The van der Waals surface area contributed by atoms with Crippen LogP contribution in [0.25, 0.3) is 0 Å². The number of aromatic nitrogens is 2. The third kappa shape index (κ3) is 2.59. The molecule has 1 aliphatic heterocycles. The predicted octanol–water partition coefficient (Wildman–Crippen LogP) is 0.988. The van der Waals surface area contributed by atoms with Gasteiger partial charge in [-0.05, 0) is 33.5 Å². The summed E-state index contributed by atoms with van der Waals surface area (Å²) in [7, 11) is 4.06. The standard InChI is InChI=1S/C11H20N4O/c1-12-7-6-10-13-11(14-16-10)9-5-3-4-8-15(9)2/h9,12H,3-8H2,1-2H3. The van der Waals surface area contributed by atoms with Crippen molar-refractivity contribution in [2.24, 2.45) is 0 Å². The van der Waals surface area contributed by atoms with Crippen molar-refractivity contribution in [3.63, 3.8) is 0 Å². The van der Waals surface area contributed by atoms with E-state index in [1.807, 2.05) is 7.05 Å². The maximum Gasteiger partial charge on any atom is 0.227 e. The van der Waals surface area contributed by atoms with E-state index in [0.717, 1.165) is 37.6 Å². The first-order chi connectivity index (χ1) is 7.81. The minimum absolute atomic E-state index is 0.348. The molecule has 2 heterocycles. The topological polar surface area (TPSA) is 54.2 Å². The molecule has 0 spiro atoms. The Morgan fingerprint density at radius 1 is 1.50 bits per heavy atom. The van der Waals surface area contributed by atoms with Crippen LogP contribution in [0, 0.1) is 0 Å². The van der Waals surface area contributed by atoms with Crippen LogP contribution in [0.1, 0.15) is 37.0 Å². The molecule has 0 aromatic carbocycles. The molecule has 5 nitrogen and oxygen atoms in total. The lowest BCUT2D eigenvalue weighted by Gasteiger charge is -2.29. The molecule has 1 atom stereocenters. The number of piperidine rings is 1. The molecular formula is C11H20N4O. The van der Waals surface area contributed by atoms with Crippen LogP contribution in [-0.4, -0.2) is 42.2 Å². The van der Waals surface area contributed by atoms with E-state index in [4.69, 9.17) is 4.52 Å². The van der Waals surface area contributed by atoms with E-state index in [2.05, 4.69) is 27.4 Å². The fourth-order valence-corrected chi connectivity index (χ4v) is 2.14. The fraction of sp³-hybridized carbons (Fsp3) is 0.818. The van der Waals surface area contributed by atoms with Crippen LogP contribution in [0.3, 0.4) is 0 Å². The minimum atomic E-state index is 0.348. The Hall–Kier alpha value is -0.940. The maximum absolute atomic E-state index is 5.24. The normalized spacial score (nSPS) is 22.5. The van der Waals surface area contributed by atoms with Gasteiger partial charge in [-0.2, -0.15) is 4.98 Å². The summed E-state index contributed by atoms with van der Waals surface area (Å²) in [6.45, 7) is 2.01. The predicted molar refractivity (Wildman–Crippen MR) is 61.2 cm³/mol. The molecule has 0 bridgehead atoms. The van der Waals surface area contributed by atoms with Gasteiger partial charge in [0.2, 0.25) is 5.89 Å². The van der Waals surface area contributed by atoms with E-state index in [-0.39, 0.29) is 0 Å². The van der Waals surface area contributed by atoms with E-state index < -0.39 is 0 Å². The number of hydrogen-bond donors (Lipinski definition) is 1. The minimum Gasteiger partial charge on any atom is -0.339 e. The van der Waals surface area contributed by atoms with Crippen molar-refractivity contribution in [2.45, 2.75) is 31.7 Å². The second-order valence-electron chi connectivity index (χ2n) is 4.39. The molecule has 1 aromatic rings. The summed E-state index contributed by atoms with van der Waals surface area (Å²) in [6, 6.07) is 0.348. The number of likely N-dealkylation sites (N-methyl/N-ethyl adjacent to an activating group) is 1. The van der Waals surface area contributed by atoms with Crippen molar-refractivity contribution in [2.75, 3.05) is 27.2 Å². The molecule has 1 aliphatic rings. The Kier molecular flexibility index (Phi) is 3.90. The van der Waals surface area contributed by atoms with E-state index in [1.54, 1.807) is 0 Å². The second-order valence-corrected chi connectivity index (χ2v) is 4.39. The third-order valence-corrected chi connectivity index (χ3v) is 3.14. The highest BCUT2D eigenvalue weighted by Crippen LogP contribution is 2.27. The van der Waals surface area contributed by atoms with Crippen LogP contribution < -0.4 is 5.32 Å². The van der Waals surface area contributed by atoms with Gasteiger partial charge in [0.05, 0.1) is 6.04 Å². The molecule has 1 saturated heterocycles. The Balaban J connectivity index is 1.99. The summed E-state index contributed by atoms with van der Waals surface area (Å²) in [5.41, 5.74) is 0. The van der Waals surface area contributed by atoms with E-state index in [9.17, 15) is 0 Å². The molecule has 2 rings (SSSR count). The van der Waals surface area contributed by atoms with Gasteiger partial charge >= 0.3 is 0 Å². The Bertz CT molecular complexity index is 326. The first-order valence-corrected chi connectivity index (χ1v) is 5.98. The quantitative estimate of drug-likeness (QED) is 0.826. The summed E-state index contributed by atoms with van der Waals surface area (Å²) < 4.78 is 5.24. The van der Waals surface area contributed by atoms with Crippen LogP contribution >= 0.6 is 0 Å². The van der Waals surface area contributed by atoms with Gasteiger partial charge in [0.1, 0.15) is 0 Å². The van der Waals surface area contributed by atoms with Gasteiger partial charge in [-0.1, -0.05) is 11.6 Å². The van der Waals surface area contributed by atoms with Crippen molar-refractivity contribution >= 4 is 0 Å². The highest BCUT2D eigenvalue weighted by atomic mass is 16.5. The molecular weight excluding hydrogens is 204 g/mol. The number of rotatable bonds is 4. The van der Waals surface area contributed by atoms with E-state index in [0.29, 0.717) is 6.04 Å². The van der Waals surface area contributed by atoms with Gasteiger partial charge in [-0.15, -0.1) is 0 Å². The summed E-state index contributed by atoms with van der Waals surface area (Å²) in [4.78, 5) is 6.78. The van der Waals surface area contributed by atoms with Gasteiger partial charge in [-0.3, -0.25) is 4.90 Å². The summed E-state index contributed by atoms with van der Waals surface area (Å²) in [6.07, 6.45) is 4.48. The van der Waals surface area contributed by atoms with Crippen molar-refractivity contribution in [3.05, 3.63) is 11.7 Å². The molecule has 0 amide bonds. The monoisotopic (exact) mass is 224 g/mol. The van der Waals surface area contributed by atoms with Crippen molar-refractivity contribution < 1.29 is 4.52 Å². The lowest BCUT2D eigenvalue weighted by Crippen LogP contribution is -2.30. The molecule has 16 heavy (non-hydrogen) atoms. The second kappa shape index (κ2) is 5.41. The molecule has 0 saturated carbocycles. The zero-order chi connectivity index (χ0) is 11.4. The average Bonchev–Trinajstić information content (AvgIpc) is 2.75. The van der Waals surface area contributed by atoms with Gasteiger partial charge in [0.25, 0.3) is 0 Å². The van der Waals surface area contributed by atoms with Gasteiger partial charge in [0.15, 0.2) is 5.82 Å². The lowest BCUT2D eigenvalue weighted by molar-refractivity contribution is 0.176. The van der Waals surface area contributed by atoms with Crippen molar-refractivity contribution in [1.29, 1.82) is 0 Å². The van der Waals surface area contributed by atoms with Crippen LogP contribution in [0.4, 0.5) is 0 Å². The van der Waals surface area contributed by atoms with Crippen LogP contribution in [0.15, 0.2) is 4.52 Å². The SMILES string of the molecule is CNCCc1nc(C2CCCCN2C)no1. The van der Waals surface area contributed by atoms with Crippen LogP contribution in [0.2, 0.25) is 0 Å². The van der Waals surface area contributed by atoms with E-state index in [1.165, 1.54) is 12.8 Å². The molecule has 1 fully saturated rings. The number of likely N-dealkylation sites (tertiary alicyclic amines) is 1. The Morgan fingerprint density at radius 3 is 3.12 bits per heavy atom. The highest BCUT2D eigenvalue weighted by Gasteiger charge is 2.25. The van der Waals surface area contributed by atoms with Gasteiger partial charge in [0, 0.05) is 13.0 Å². The highest BCUT2D eigenvalue weighted by molar-refractivity contribution is 4.96. The zero-order valence-electron chi connectivity index (χ0n) is 10.1. The first-order valence-electron chi connectivity index (χ1n) is 5.98. The van der Waals surface area contributed by atoms with E-state index >= 15 is 0 Å². The molecule has 90 valence electrons. The molecule has 0 radical (unpaired) electrons. The zero-order valence-corrected chi connectivity index (χ0v) is 10.1. The van der Waals surface area contributed by atoms with Crippen LogP contribution in [-0.2, 0) is 6.42 Å². The molecule has 0 aliphatic carbocycles. The Labute approximate surface area is 96.2 Å². The van der Waals surface area contributed by atoms with Gasteiger partial charge < -0.3 is 9.84 Å². The summed E-state index contributed by atoms with van der Waals surface area (Å²) in [5, 5.41) is 7.16. The number of hydrogen-bond acceptors (Lipinski definition) is 5. The largest absolute Gasteiger partial charge is 0.339 e. The van der Waals surface area contributed by atoms with Crippen LogP contribution in [0.5, 0.6) is 0 Å². The smallest absolute Gasteiger partial charge is 0.227 e. The van der Waals surface area contributed by atoms with Crippen molar-refractivity contribution in [1.82, 2.24) is 20.4 Å². The summed E-state index contributed by atoms with van der Waals surface area (Å²) >= 11 is 0.